The fourth-order valence-electron chi connectivity index (χ4n) is 2.40. The molecule has 104 valence electrons. The number of allylic oxidation sites excluding steroid dienone is 4. The molecule has 0 radical (unpaired) electrons. The van der Waals surface area contributed by atoms with Crippen LogP contribution in [0.15, 0.2) is 35.3 Å². The van der Waals surface area contributed by atoms with Crippen LogP contribution in [0.2, 0.25) is 5.15 Å². The topological polar surface area (TPSA) is 65.3 Å². The first-order valence-electron chi connectivity index (χ1n) is 6.51. The monoisotopic (exact) mass is 290 g/mol. The Morgan fingerprint density at radius 1 is 1.45 bits per heavy atom. The highest BCUT2D eigenvalue weighted by molar-refractivity contribution is 6.29. The Morgan fingerprint density at radius 3 is 2.90 bits per heavy atom. The molecule has 1 aliphatic carbocycles. The minimum absolute atomic E-state index is 0.241. The van der Waals surface area contributed by atoms with E-state index in [0.717, 1.165) is 24.2 Å². The molecule has 0 aliphatic heterocycles. The molecule has 1 aliphatic rings. The fraction of sp³-hybridized carbons (Fsp3) is 0.286. The van der Waals surface area contributed by atoms with E-state index in [0.29, 0.717) is 10.8 Å². The second kappa shape index (κ2) is 4.92. The van der Waals surface area contributed by atoms with Gasteiger partial charge in [0.25, 0.3) is 0 Å². The quantitative estimate of drug-likeness (QED) is 0.923. The molecule has 0 aromatic carbocycles. The van der Waals surface area contributed by atoms with Crippen molar-refractivity contribution in [2.75, 3.05) is 0 Å². The highest BCUT2D eigenvalue weighted by atomic mass is 35.5. The van der Waals surface area contributed by atoms with Crippen LogP contribution in [-0.4, -0.2) is 14.0 Å². The lowest BCUT2D eigenvalue weighted by Crippen LogP contribution is -2.31. The van der Waals surface area contributed by atoms with E-state index in [9.17, 15) is 4.79 Å². The highest BCUT2D eigenvalue weighted by Crippen LogP contribution is 2.20. The Bertz CT molecular complexity index is 782. The molecule has 0 saturated heterocycles. The second-order valence-corrected chi connectivity index (χ2v) is 5.25. The van der Waals surface area contributed by atoms with Gasteiger partial charge in [0, 0.05) is 23.5 Å². The van der Waals surface area contributed by atoms with Crippen LogP contribution in [0.5, 0.6) is 0 Å². The Morgan fingerprint density at radius 2 is 2.25 bits per heavy atom. The van der Waals surface area contributed by atoms with Crippen molar-refractivity contribution in [2.45, 2.75) is 25.8 Å². The van der Waals surface area contributed by atoms with Gasteiger partial charge < -0.3 is 5.73 Å². The molecule has 0 saturated carbocycles. The zero-order valence-corrected chi connectivity index (χ0v) is 11.8. The first kappa shape index (κ1) is 13.1. The first-order chi connectivity index (χ1) is 9.59. The van der Waals surface area contributed by atoms with Crippen molar-refractivity contribution >= 4 is 22.9 Å². The number of aromatic nitrogens is 3. The maximum atomic E-state index is 12.7. The third-order valence-electron chi connectivity index (χ3n) is 3.36. The second-order valence-electron chi connectivity index (χ2n) is 4.86. The molecule has 6 heteroatoms. The third kappa shape index (κ3) is 1.99. The summed E-state index contributed by atoms with van der Waals surface area (Å²) in [5.41, 5.74) is 7.84. The molecule has 1 atom stereocenters. The Labute approximate surface area is 121 Å². The third-order valence-corrected chi connectivity index (χ3v) is 3.63. The molecule has 0 spiro atoms. The molecule has 20 heavy (non-hydrogen) atoms. The zero-order chi connectivity index (χ0) is 14.3. The Kier molecular flexibility index (Phi) is 3.23. The minimum Gasteiger partial charge on any atom is -0.323 e. The van der Waals surface area contributed by atoms with Gasteiger partial charge in [0.15, 0.2) is 0 Å². The van der Waals surface area contributed by atoms with Crippen molar-refractivity contribution in [1.29, 1.82) is 0 Å². The fourth-order valence-corrected chi connectivity index (χ4v) is 2.61. The number of hydrogen-bond donors (Lipinski definition) is 1. The Hall–Kier alpha value is -1.85. The number of rotatable bonds is 2. The molecule has 2 aromatic heterocycles. The van der Waals surface area contributed by atoms with Crippen LogP contribution in [0.4, 0.5) is 0 Å². The van der Waals surface area contributed by atoms with Gasteiger partial charge in [0.05, 0.1) is 6.20 Å². The van der Waals surface area contributed by atoms with Gasteiger partial charge in [-0.25, -0.2) is 14.2 Å². The van der Waals surface area contributed by atoms with Crippen LogP contribution in [0, 0.1) is 0 Å². The van der Waals surface area contributed by atoms with E-state index in [1.165, 1.54) is 10.6 Å². The number of hydrogen-bond acceptors (Lipinski definition) is 3. The summed E-state index contributed by atoms with van der Waals surface area (Å²) in [7, 11) is 0. The predicted octanol–water partition coefficient (Wildman–Crippen LogP) is 2.36. The van der Waals surface area contributed by atoms with Crippen molar-refractivity contribution < 1.29 is 0 Å². The maximum absolute atomic E-state index is 12.7. The van der Waals surface area contributed by atoms with Gasteiger partial charge >= 0.3 is 5.69 Å². The minimum atomic E-state index is -0.278. The molecule has 2 heterocycles. The van der Waals surface area contributed by atoms with E-state index in [1.54, 1.807) is 10.6 Å². The van der Waals surface area contributed by atoms with E-state index in [-0.39, 0.29) is 11.7 Å². The van der Waals surface area contributed by atoms with Crippen molar-refractivity contribution in [2.24, 2.45) is 5.73 Å². The van der Waals surface area contributed by atoms with Gasteiger partial charge in [-0.05, 0) is 25.8 Å². The molecular formula is C14H15ClN4O. The van der Waals surface area contributed by atoms with E-state index in [2.05, 4.69) is 4.98 Å². The lowest BCUT2D eigenvalue weighted by molar-refractivity contribution is 0.715. The lowest BCUT2D eigenvalue weighted by atomic mass is 10.1. The molecule has 0 bridgehead atoms. The maximum Gasteiger partial charge on any atom is 0.339 e. The van der Waals surface area contributed by atoms with E-state index in [1.807, 2.05) is 25.2 Å². The summed E-state index contributed by atoms with van der Waals surface area (Å²) in [4.78, 5) is 16.8. The van der Waals surface area contributed by atoms with E-state index in [4.69, 9.17) is 17.3 Å². The summed E-state index contributed by atoms with van der Waals surface area (Å²) in [5.74, 6) is 0. The summed E-state index contributed by atoms with van der Waals surface area (Å²) in [6.07, 6.45) is 9.38. The normalized spacial score (nSPS) is 16.4. The van der Waals surface area contributed by atoms with Crippen LogP contribution < -0.4 is 11.4 Å². The van der Waals surface area contributed by atoms with Crippen LogP contribution >= 0.6 is 11.6 Å². The summed E-state index contributed by atoms with van der Waals surface area (Å²) >= 11 is 6.04. The van der Waals surface area contributed by atoms with Gasteiger partial charge in [-0.1, -0.05) is 23.8 Å². The van der Waals surface area contributed by atoms with Crippen molar-refractivity contribution in [1.82, 2.24) is 14.0 Å². The van der Waals surface area contributed by atoms with Crippen LogP contribution in [0.3, 0.4) is 0 Å². The van der Waals surface area contributed by atoms with Gasteiger partial charge in [0.1, 0.15) is 10.8 Å². The van der Waals surface area contributed by atoms with Gasteiger partial charge in [-0.15, -0.1) is 0 Å². The van der Waals surface area contributed by atoms with Gasteiger partial charge in [-0.3, -0.25) is 4.57 Å². The summed E-state index contributed by atoms with van der Waals surface area (Å²) < 4.78 is 3.00. The summed E-state index contributed by atoms with van der Waals surface area (Å²) in [5, 5.41) is 0.301. The molecule has 5 nitrogen and oxygen atoms in total. The van der Waals surface area contributed by atoms with E-state index < -0.39 is 0 Å². The molecule has 1 unspecified atom stereocenters. The van der Waals surface area contributed by atoms with Crippen molar-refractivity contribution in [3.63, 3.8) is 0 Å². The molecule has 2 aromatic rings. The largest absolute Gasteiger partial charge is 0.339 e. The lowest BCUT2D eigenvalue weighted by Gasteiger charge is -2.18. The van der Waals surface area contributed by atoms with Crippen LogP contribution in [0.25, 0.3) is 11.3 Å². The van der Waals surface area contributed by atoms with Crippen molar-refractivity contribution in [3.8, 4) is 0 Å². The summed E-state index contributed by atoms with van der Waals surface area (Å²) in [6, 6.07) is 1.53. The molecule has 2 N–H and O–H groups in total. The van der Waals surface area contributed by atoms with Crippen LogP contribution in [-0.2, 0) is 0 Å². The number of imidazole rings is 1. The molecule has 3 rings (SSSR count). The predicted molar refractivity (Wildman–Crippen MR) is 79.7 cm³/mol. The Balaban J connectivity index is 2.38. The molecule has 0 amide bonds. The number of nitrogens with two attached hydrogens (primary N) is 1. The molecule has 0 fully saturated rings. The van der Waals surface area contributed by atoms with Gasteiger partial charge in [-0.2, -0.15) is 0 Å². The number of fused-ring (bicyclic) bond motifs is 1. The SMILES string of the molecule is CC(N)c1cc2ncc(Cl)n2c(=O)n1C1=CCCC=C1. The van der Waals surface area contributed by atoms with Crippen LogP contribution in [0.1, 0.15) is 31.5 Å². The number of nitrogens with zero attached hydrogens (tertiary/aromatic N) is 3. The average Bonchev–Trinajstić information content (AvgIpc) is 2.81. The van der Waals surface area contributed by atoms with Crippen molar-refractivity contribution in [3.05, 3.63) is 51.8 Å². The van der Waals surface area contributed by atoms with Gasteiger partial charge in [0.2, 0.25) is 0 Å². The molecular weight excluding hydrogens is 276 g/mol. The standard InChI is InChI=1S/C14H15ClN4O/c1-9(16)11-7-13-17-8-12(15)19(13)14(20)18(11)10-5-3-2-4-6-10/h3,5-9H,2,4,16H2,1H3. The van der Waals surface area contributed by atoms with E-state index >= 15 is 0 Å². The first-order valence-corrected chi connectivity index (χ1v) is 6.89. The zero-order valence-electron chi connectivity index (χ0n) is 11.1. The summed E-state index contributed by atoms with van der Waals surface area (Å²) in [6.45, 7) is 1.85. The average molecular weight is 291 g/mol. The smallest absolute Gasteiger partial charge is 0.323 e. The highest BCUT2D eigenvalue weighted by Gasteiger charge is 2.17. The number of halogens is 1.